The summed E-state index contributed by atoms with van der Waals surface area (Å²) in [6.07, 6.45) is 1.28. The third kappa shape index (κ3) is 3.86. The van der Waals surface area contributed by atoms with Crippen LogP contribution in [0.25, 0.3) is 11.6 Å². The lowest BCUT2D eigenvalue weighted by Gasteiger charge is -2.10. The molecule has 0 saturated heterocycles. The molecule has 0 spiro atoms. The van der Waals surface area contributed by atoms with Crippen molar-refractivity contribution >= 4 is 23.3 Å². The highest BCUT2D eigenvalue weighted by molar-refractivity contribution is 6.20. The lowest BCUT2D eigenvalue weighted by atomic mass is 10.0. The van der Waals surface area contributed by atoms with Crippen molar-refractivity contribution in [3.63, 3.8) is 0 Å². The van der Waals surface area contributed by atoms with Crippen molar-refractivity contribution in [1.29, 1.82) is 0 Å². The Labute approximate surface area is 142 Å². The molecule has 0 aliphatic carbocycles. The Balaban J connectivity index is 2.63. The number of hydrogen-bond donors (Lipinski definition) is 2. The molecule has 2 N–H and O–H groups in total. The van der Waals surface area contributed by atoms with Crippen LogP contribution in [0.2, 0.25) is 0 Å². The van der Waals surface area contributed by atoms with E-state index in [1.807, 2.05) is 0 Å². The van der Waals surface area contributed by atoms with Crippen LogP contribution in [0.4, 0.5) is 5.69 Å². The number of carboxylic acid groups (broad SMARTS) is 1. The molecular formula is C17H15NO7. The van der Waals surface area contributed by atoms with Gasteiger partial charge in [-0.25, -0.2) is 4.79 Å². The summed E-state index contributed by atoms with van der Waals surface area (Å²) in [6.45, 7) is 0. The van der Waals surface area contributed by atoms with Crippen LogP contribution < -0.4 is 9.47 Å². The fourth-order valence-electron chi connectivity index (χ4n) is 2.26. The van der Waals surface area contributed by atoms with Crippen LogP contribution in [-0.4, -0.2) is 35.3 Å². The van der Waals surface area contributed by atoms with E-state index in [0.717, 1.165) is 0 Å². The van der Waals surface area contributed by atoms with Gasteiger partial charge in [0, 0.05) is 6.07 Å². The Morgan fingerprint density at radius 2 is 1.80 bits per heavy atom. The number of aromatic hydroxyl groups is 1. The van der Waals surface area contributed by atoms with Crippen molar-refractivity contribution < 1.29 is 29.4 Å². The van der Waals surface area contributed by atoms with Crippen molar-refractivity contribution in [2.45, 2.75) is 0 Å². The minimum absolute atomic E-state index is 0.00440. The van der Waals surface area contributed by atoms with Gasteiger partial charge in [-0.15, -0.1) is 0 Å². The van der Waals surface area contributed by atoms with Gasteiger partial charge in [-0.2, -0.15) is 0 Å². The standard InChI is InChI=1S/C17H15NO7/c1-24-15-9-10(8-14(18(22)23)16(15)25-2)7-13(17(20)21)11-3-5-12(19)6-4-11/h3-9,19H,1-2H3,(H,20,21)/b13-7-. The first-order chi connectivity index (χ1) is 11.9. The van der Waals surface area contributed by atoms with E-state index in [0.29, 0.717) is 5.56 Å². The topological polar surface area (TPSA) is 119 Å². The van der Waals surface area contributed by atoms with E-state index in [9.17, 15) is 25.1 Å². The van der Waals surface area contributed by atoms with Crippen LogP contribution in [0.5, 0.6) is 17.2 Å². The van der Waals surface area contributed by atoms with Gasteiger partial charge in [0.1, 0.15) is 5.75 Å². The van der Waals surface area contributed by atoms with Crippen LogP contribution in [0.1, 0.15) is 11.1 Å². The van der Waals surface area contributed by atoms with Crippen LogP contribution in [0.3, 0.4) is 0 Å². The third-order valence-corrected chi connectivity index (χ3v) is 3.40. The number of nitro groups is 1. The Hall–Kier alpha value is -3.55. The largest absolute Gasteiger partial charge is 0.508 e. The number of methoxy groups -OCH3 is 2. The van der Waals surface area contributed by atoms with Gasteiger partial charge in [0.05, 0.1) is 24.7 Å². The van der Waals surface area contributed by atoms with Gasteiger partial charge >= 0.3 is 11.7 Å². The molecule has 0 unspecified atom stereocenters. The lowest BCUT2D eigenvalue weighted by Crippen LogP contribution is -2.01. The number of phenols is 1. The molecule has 0 bridgehead atoms. The zero-order chi connectivity index (χ0) is 18.6. The summed E-state index contributed by atoms with van der Waals surface area (Å²) in [5.41, 5.74) is 0.155. The monoisotopic (exact) mass is 345 g/mol. The zero-order valence-electron chi connectivity index (χ0n) is 13.4. The summed E-state index contributed by atoms with van der Waals surface area (Å²) in [5, 5.41) is 30.0. The molecule has 0 aromatic heterocycles. The number of phenolic OH excluding ortho intramolecular Hbond substituents is 1. The second-order valence-corrected chi connectivity index (χ2v) is 4.94. The molecule has 0 atom stereocenters. The van der Waals surface area contributed by atoms with Gasteiger partial charge in [-0.05, 0) is 35.4 Å². The van der Waals surface area contributed by atoms with Gasteiger partial charge in [-0.3, -0.25) is 10.1 Å². The molecule has 0 amide bonds. The maximum absolute atomic E-state index is 11.6. The molecule has 2 aromatic rings. The average molecular weight is 345 g/mol. The molecule has 25 heavy (non-hydrogen) atoms. The summed E-state index contributed by atoms with van der Waals surface area (Å²) in [4.78, 5) is 22.2. The molecule has 0 radical (unpaired) electrons. The molecule has 0 fully saturated rings. The molecule has 2 aromatic carbocycles. The summed E-state index contributed by atoms with van der Waals surface area (Å²) in [7, 11) is 2.60. The number of nitro benzene ring substituents is 1. The van der Waals surface area contributed by atoms with Crippen molar-refractivity contribution in [2.24, 2.45) is 0 Å². The first-order valence-corrected chi connectivity index (χ1v) is 7.02. The van der Waals surface area contributed by atoms with Gasteiger partial charge in [0.25, 0.3) is 0 Å². The van der Waals surface area contributed by atoms with Gasteiger partial charge in [0.15, 0.2) is 5.75 Å². The van der Waals surface area contributed by atoms with E-state index in [4.69, 9.17) is 9.47 Å². The Bertz CT molecular complexity index is 841. The number of benzene rings is 2. The molecule has 0 heterocycles. The molecule has 130 valence electrons. The highest BCUT2D eigenvalue weighted by atomic mass is 16.6. The second-order valence-electron chi connectivity index (χ2n) is 4.94. The van der Waals surface area contributed by atoms with E-state index in [1.54, 1.807) is 0 Å². The number of aliphatic carboxylic acids is 1. The Kier molecular flexibility index (Phi) is 5.23. The Morgan fingerprint density at radius 3 is 2.28 bits per heavy atom. The van der Waals surface area contributed by atoms with Crippen LogP contribution in [0, 0.1) is 10.1 Å². The van der Waals surface area contributed by atoms with Crippen molar-refractivity contribution in [1.82, 2.24) is 0 Å². The van der Waals surface area contributed by atoms with Crippen molar-refractivity contribution in [3.8, 4) is 17.2 Å². The van der Waals surface area contributed by atoms with Crippen LogP contribution in [0.15, 0.2) is 36.4 Å². The summed E-state index contributed by atoms with van der Waals surface area (Å²) >= 11 is 0. The van der Waals surface area contributed by atoms with E-state index < -0.39 is 10.9 Å². The van der Waals surface area contributed by atoms with Crippen LogP contribution in [-0.2, 0) is 4.79 Å². The SMILES string of the molecule is COc1cc(/C=C(\C(=O)O)c2ccc(O)cc2)cc([N+](=O)[O-])c1OC. The second kappa shape index (κ2) is 7.35. The van der Waals surface area contributed by atoms with E-state index in [-0.39, 0.29) is 34.1 Å². The average Bonchev–Trinajstić information content (AvgIpc) is 2.59. The zero-order valence-corrected chi connectivity index (χ0v) is 13.4. The smallest absolute Gasteiger partial charge is 0.336 e. The Morgan fingerprint density at radius 1 is 1.16 bits per heavy atom. The number of ether oxygens (including phenoxy) is 2. The predicted molar refractivity (Wildman–Crippen MR) is 89.8 cm³/mol. The van der Waals surface area contributed by atoms with Crippen molar-refractivity contribution in [3.05, 3.63) is 57.6 Å². The highest BCUT2D eigenvalue weighted by Crippen LogP contribution is 2.38. The first kappa shape index (κ1) is 17.8. The summed E-state index contributed by atoms with van der Waals surface area (Å²) in [5.74, 6) is -1.16. The van der Waals surface area contributed by atoms with Crippen LogP contribution >= 0.6 is 0 Å². The first-order valence-electron chi connectivity index (χ1n) is 7.02. The quantitative estimate of drug-likeness (QED) is 0.357. The summed E-state index contributed by atoms with van der Waals surface area (Å²) in [6, 6.07) is 8.21. The molecular weight excluding hydrogens is 330 g/mol. The molecule has 8 nitrogen and oxygen atoms in total. The lowest BCUT2D eigenvalue weighted by molar-refractivity contribution is -0.385. The number of hydrogen-bond acceptors (Lipinski definition) is 6. The van der Waals surface area contributed by atoms with E-state index in [1.165, 1.54) is 56.7 Å². The number of rotatable bonds is 6. The highest BCUT2D eigenvalue weighted by Gasteiger charge is 2.22. The third-order valence-electron chi connectivity index (χ3n) is 3.40. The normalized spacial score (nSPS) is 11.0. The van der Waals surface area contributed by atoms with Gasteiger partial charge in [0.2, 0.25) is 5.75 Å². The summed E-state index contributed by atoms with van der Waals surface area (Å²) < 4.78 is 10.1. The molecule has 8 heteroatoms. The number of carbonyl (C=O) groups is 1. The van der Waals surface area contributed by atoms with E-state index >= 15 is 0 Å². The minimum Gasteiger partial charge on any atom is -0.508 e. The molecule has 0 saturated carbocycles. The van der Waals surface area contributed by atoms with Crippen molar-refractivity contribution in [2.75, 3.05) is 14.2 Å². The van der Waals surface area contributed by atoms with Gasteiger partial charge in [-0.1, -0.05) is 12.1 Å². The molecule has 0 aliphatic rings. The van der Waals surface area contributed by atoms with E-state index in [2.05, 4.69) is 0 Å². The fraction of sp³-hybridized carbons (Fsp3) is 0.118. The number of carboxylic acids is 1. The maximum atomic E-state index is 11.6. The molecule has 2 rings (SSSR count). The fourth-order valence-corrected chi connectivity index (χ4v) is 2.26. The molecule has 0 aliphatic heterocycles. The predicted octanol–water partition coefficient (Wildman–Crippen LogP) is 2.94. The maximum Gasteiger partial charge on any atom is 0.336 e. The minimum atomic E-state index is -1.22. The van der Waals surface area contributed by atoms with Gasteiger partial charge < -0.3 is 19.7 Å². The number of nitrogens with zero attached hydrogens (tertiary/aromatic N) is 1.